The van der Waals surface area contributed by atoms with Crippen molar-refractivity contribution >= 4 is 17.7 Å². The van der Waals surface area contributed by atoms with Crippen LogP contribution in [-0.2, 0) is 16.1 Å². The van der Waals surface area contributed by atoms with Crippen LogP contribution in [-0.4, -0.2) is 18.0 Å². The van der Waals surface area contributed by atoms with Crippen LogP contribution in [0.4, 0.5) is 5.69 Å². The summed E-state index contributed by atoms with van der Waals surface area (Å²) in [6.07, 6.45) is 2.71. The monoisotopic (exact) mass is 313 g/mol. The third-order valence-corrected chi connectivity index (χ3v) is 3.01. The van der Waals surface area contributed by atoms with E-state index >= 15 is 0 Å². The maximum absolute atomic E-state index is 11.7. The minimum Gasteiger partial charge on any atom is -0.497 e. The van der Waals surface area contributed by atoms with Crippen LogP contribution in [0.1, 0.15) is 11.1 Å². The number of ether oxygens (including phenoxy) is 2. The molecule has 0 amide bonds. The minimum atomic E-state index is -0.528. The van der Waals surface area contributed by atoms with Crippen LogP contribution in [0.15, 0.2) is 54.6 Å². The smallest absolute Gasteiger partial charge is 0.331 e. The van der Waals surface area contributed by atoms with Gasteiger partial charge in [-0.2, -0.15) is 0 Å². The highest BCUT2D eigenvalue weighted by Crippen LogP contribution is 2.15. The Kier molecular flexibility index (Phi) is 5.46. The van der Waals surface area contributed by atoms with Crippen molar-refractivity contribution in [3.05, 3.63) is 75.8 Å². The second-order valence-corrected chi connectivity index (χ2v) is 4.64. The number of esters is 1. The predicted molar refractivity (Wildman–Crippen MR) is 84.9 cm³/mol. The Morgan fingerprint density at radius 3 is 2.74 bits per heavy atom. The van der Waals surface area contributed by atoms with Crippen molar-refractivity contribution in [3.63, 3.8) is 0 Å². The molecule has 0 bridgehead atoms. The fourth-order valence-electron chi connectivity index (χ4n) is 1.87. The number of methoxy groups -OCH3 is 1. The van der Waals surface area contributed by atoms with E-state index < -0.39 is 10.9 Å². The lowest BCUT2D eigenvalue weighted by molar-refractivity contribution is -0.384. The van der Waals surface area contributed by atoms with Gasteiger partial charge in [0.1, 0.15) is 12.4 Å². The van der Waals surface area contributed by atoms with Crippen LogP contribution in [0.25, 0.3) is 6.08 Å². The van der Waals surface area contributed by atoms with E-state index in [1.54, 1.807) is 37.4 Å². The van der Waals surface area contributed by atoms with Gasteiger partial charge in [0.2, 0.25) is 0 Å². The highest BCUT2D eigenvalue weighted by Gasteiger charge is 2.05. The van der Waals surface area contributed by atoms with Gasteiger partial charge in [0.25, 0.3) is 5.69 Å². The molecule has 0 saturated carbocycles. The summed E-state index contributed by atoms with van der Waals surface area (Å²) in [6.45, 7) is 0.120. The molecule has 0 saturated heterocycles. The van der Waals surface area contributed by atoms with Crippen molar-refractivity contribution < 1.29 is 19.2 Å². The van der Waals surface area contributed by atoms with E-state index in [2.05, 4.69) is 0 Å². The standard InChI is InChI=1S/C17H15NO5/c1-22-16-7-3-5-14(11-16)12-23-17(19)9-8-13-4-2-6-15(10-13)18(20)21/h2-11H,12H2,1H3/b9-8+. The normalized spacial score (nSPS) is 10.5. The second kappa shape index (κ2) is 7.74. The molecule has 118 valence electrons. The highest BCUT2D eigenvalue weighted by atomic mass is 16.6. The summed E-state index contributed by atoms with van der Waals surface area (Å²) in [4.78, 5) is 21.9. The van der Waals surface area contributed by atoms with Gasteiger partial charge in [0.15, 0.2) is 0 Å². The van der Waals surface area contributed by atoms with Crippen molar-refractivity contribution in [3.8, 4) is 5.75 Å². The molecule has 2 aromatic rings. The third-order valence-electron chi connectivity index (χ3n) is 3.01. The Labute approximate surface area is 133 Å². The molecular weight excluding hydrogens is 298 g/mol. The summed E-state index contributed by atoms with van der Waals surface area (Å²) in [6, 6.07) is 13.2. The topological polar surface area (TPSA) is 78.7 Å². The summed E-state index contributed by atoms with van der Waals surface area (Å²) in [5.74, 6) is 0.157. The molecule has 0 aromatic heterocycles. The number of carbonyl (C=O) groups is 1. The van der Waals surface area contributed by atoms with Crippen molar-refractivity contribution in [1.29, 1.82) is 0 Å². The summed E-state index contributed by atoms with van der Waals surface area (Å²) in [5, 5.41) is 10.7. The first-order chi connectivity index (χ1) is 11.1. The van der Waals surface area contributed by atoms with Gasteiger partial charge in [0, 0.05) is 18.2 Å². The van der Waals surface area contributed by atoms with E-state index in [1.807, 2.05) is 6.07 Å². The zero-order valence-corrected chi connectivity index (χ0v) is 12.5. The lowest BCUT2D eigenvalue weighted by Gasteiger charge is -2.04. The van der Waals surface area contributed by atoms with Gasteiger partial charge in [-0.1, -0.05) is 24.3 Å². The Bertz CT molecular complexity index is 739. The van der Waals surface area contributed by atoms with Gasteiger partial charge < -0.3 is 9.47 Å². The fraction of sp³-hybridized carbons (Fsp3) is 0.118. The molecule has 0 aliphatic carbocycles. The molecule has 2 aromatic carbocycles. The number of benzene rings is 2. The van der Waals surface area contributed by atoms with E-state index in [9.17, 15) is 14.9 Å². The summed E-state index contributed by atoms with van der Waals surface area (Å²) < 4.78 is 10.2. The number of nitro benzene ring substituents is 1. The Balaban J connectivity index is 1.93. The van der Waals surface area contributed by atoms with E-state index in [4.69, 9.17) is 9.47 Å². The molecule has 0 heterocycles. The lowest BCUT2D eigenvalue weighted by atomic mass is 10.2. The number of nitro groups is 1. The van der Waals surface area contributed by atoms with Crippen LogP contribution >= 0.6 is 0 Å². The second-order valence-electron chi connectivity index (χ2n) is 4.64. The van der Waals surface area contributed by atoms with E-state index in [-0.39, 0.29) is 12.3 Å². The first kappa shape index (κ1) is 16.2. The molecule has 0 spiro atoms. The summed E-state index contributed by atoms with van der Waals surface area (Å²) >= 11 is 0. The van der Waals surface area contributed by atoms with Gasteiger partial charge in [0.05, 0.1) is 12.0 Å². The molecule has 0 unspecified atom stereocenters. The van der Waals surface area contributed by atoms with Crippen LogP contribution in [0.2, 0.25) is 0 Å². The number of nitrogens with zero attached hydrogens (tertiary/aromatic N) is 1. The number of hydrogen-bond acceptors (Lipinski definition) is 5. The minimum absolute atomic E-state index is 0.0307. The SMILES string of the molecule is COc1cccc(COC(=O)/C=C/c2cccc([N+](=O)[O-])c2)c1. The summed E-state index contributed by atoms with van der Waals surface area (Å²) in [7, 11) is 1.56. The molecule has 0 fully saturated rings. The van der Waals surface area contributed by atoms with Crippen LogP contribution < -0.4 is 4.74 Å². The average molecular weight is 313 g/mol. The Hall–Kier alpha value is -3.15. The van der Waals surface area contributed by atoms with Crippen molar-refractivity contribution in [2.75, 3.05) is 7.11 Å². The number of non-ortho nitro benzene ring substituents is 1. The predicted octanol–water partition coefficient (Wildman–Crippen LogP) is 3.36. The number of hydrogen-bond donors (Lipinski definition) is 0. The largest absolute Gasteiger partial charge is 0.497 e. The van der Waals surface area contributed by atoms with E-state index in [0.717, 1.165) is 5.56 Å². The maximum atomic E-state index is 11.7. The fourth-order valence-corrected chi connectivity index (χ4v) is 1.87. The molecule has 0 radical (unpaired) electrons. The van der Waals surface area contributed by atoms with Crippen molar-refractivity contribution in [1.82, 2.24) is 0 Å². The first-order valence-electron chi connectivity index (χ1n) is 6.81. The number of rotatable bonds is 6. The molecular formula is C17H15NO5. The van der Waals surface area contributed by atoms with Crippen molar-refractivity contribution in [2.45, 2.75) is 6.61 Å². The lowest BCUT2D eigenvalue weighted by Crippen LogP contribution is -2.00. The molecule has 6 nitrogen and oxygen atoms in total. The van der Waals surface area contributed by atoms with Crippen LogP contribution in [0.3, 0.4) is 0 Å². The zero-order valence-electron chi connectivity index (χ0n) is 12.5. The average Bonchev–Trinajstić information content (AvgIpc) is 2.58. The molecule has 0 aliphatic rings. The van der Waals surface area contributed by atoms with Gasteiger partial charge in [-0.15, -0.1) is 0 Å². The van der Waals surface area contributed by atoms with Gasteiger partial charge >= 0.3 is 5.97 Å². The Morgan fingerprint density at radius 2 is 2.00 bits per heavy atom. The maximum Gasteiger partial charge on any atom is 0.331 e. The van der Waals surface area contributed by atoms with Crippen molar-refractivity contribution in [2.24, 2.45) is 0 Å². The Morgan fingerprint density at radius 1 is 1.22 bits per heavy atom. The molecule has 0 aliphatic heterocycles. The third kappa shape index (κ3) is 4.96. The highest BCUT2D eigenvalue weighted by molar-refractivity contribution is 5.87. The quantitative estimate of drug-likeness (QED) is 0.353. The van der Waals surface area contributed by atoms with Crippen LogP contribution in [0.5, 0.6) is 5.75 Å². The molecule has 0 atom stereocenters. The van der Waals surface area contributed by atoms with Gasteiger partial charge in [-0.3, -0.25) is 10.1 Å². The molecule has 6 heteroatoms. The number of carbonyl (C=O) groups excluding carboxylic acids is 1. The van der Waals surface area contributed by atoms with Gasteiger partial charge in [-0.25, -0.2) is 4.79 Å². The van der Waals surface area contributed by atoms with E-state index in [1.165, 1.54) is 24.3 Å². The molecule has 23 heavy (non-hydrogen) atoms. The molecule has 0 N–H and O–H groups in total. The van der Waals surface area contributed by atoms with Crippen LogP contribution in [0, 0.1) is 10.1 Å². The summed E-state index contributed by atoms with van der Waals surface area (Å²) in [5.41, 5.74) is 1.33. The van der Waals surface area contributed by atoms with E-state index in [0.29, 0.717) is 11.3 Å². The zero-order chi connectivity index (χ0) is 16.7. The van der Waals surface area contributed by atoms with Gasteiger partial charge in [-0.05, 0) is 29.3 Å². The first-order valence-corrected chi connectivity index (χ1v) is 6.81. The molecule has 2 rings (SSSR count).